The number of aromatic nitrogens is 3. The minimum atomic E-state index is 0.466. The average molecular weight is 298 g/mol. The fourth-order valence-corrected chi connectivity index (χ4v) is 2.40. The summed E-state index contributed by atoms with van der Waals surface area (Å²) in [4.78, 5) is 24.1. The van der Waals surface area contributed by atoms with Crippen molar-refractivity contribution in [1.29, 1.82) is 0 Å². The van der Waals surface area contributed by atoms with Crippen molar-refractivity contribution in [3.63, 3.8) is 0 Å². The molecule has 0 radical (unpaired) electrons. The molecular formula is C14H12N5OS+. The summed E-state index contributed by atoms with van der Waals surface area (Å²) in [6, 6.07) is 8.95. The van der Waals surface area contributed by atoms with Gasteiger partial charge in [0.15, 0.2) is 7.05 Å². The van der Waals surface area contributed by atoms with Gasteiger partial charge in [-0.05, 0) is 12.1 Å². The number of nitrogens with one attached hydrogen (secondary N) is 1. The van der Waals surface area contributed by atoms with Gasteiger partial charge in [0.05, 0.1) is 0 Å². The molecule has 1 N–H and O–H groups in total. The molecule has 104 valence electrons. The molecule has 6 nitrogen and oxygen atoms in total. The predicted octanol–water partition coefficient (Wildman–Crippen LogP) is 3.38. The van der Waals surface area contributed by atoms with Gasteiger partial charge in [0.25, 0.3) is 5.69 Å². The van der Waals surface area contributed by atoms with E-state index in [0.717, 1.165) is 21.1 Å². The third-order valence-corrected chi connectivity index (χ3v) is 3.57. The summed E-state index contributed by atoms with van der Waals surface area (Å²) in [7, 11) is 1.46. The van der Waals surface area contributed by atoms with Crippen LogP contribution in [0.25, 0.3) is 10.7 Å². The summed E-state index contributed by atoms with van der Waals surface area (Å²) >= 11 is 1.52. The Morgan fingerprint density at radius 1 is 1.19 bits per heavy atom. The van der Waals surface area contributed by atoms with E-state index >= 15 is 0 Å². The van der Waals surface area contributed by atoms with Crippen LogP contribution in [0.4, 0.5) is 17.3 Å². The normalized spacial score (nSPS) is 10.3. The summed E-state index contributed by atoms with van der Waals surface area (Å²) in [5.41, 5.74) is 2.09. The summed E-state index contributed by atoms with van der Waals surface area (Å²) in [6.45, 7) is 0. The lowest BCUT2D eigenvalue weighted by molar-refractivity contribution is -0.428. The molecule has 0 bridgehead atoms. The molecule has 0 aliphatic carbocycles. The lowest BCUT2D eigenvalue weighted by Gasteiger charge is -2.05. The van der Waals surface area contributed by atoms with Gasteiger partial charge < -0.3 is 5.32 Å². The lowest BCUT2D eigenvalue weighted by atomic mass is 10.3. The summed E-state index contributed by atoms with van der Waals surface area (Å²) in [5.74, 6) is 0.466. The number of hydrogen-bond acceptors (Lipinski definition) is 6. The van der Waals surface area contributed by atoms with Gasteiger partial charge in [-0.15, -0.1) is 11.3 Å². The second-order valence-electron chi connectivity index (χ2n) is 4.28. The van der Waals surface area contributed by atoms with E-state index in [9.17, 15) is 4.91 Å². The van der Waals surface area contributed by atoms with Crippen LogP contribution < -0.4 is 5.32 Å². The fraction of sp³-hybridized carbons (Fsp3) is 0.0714. The summed E-state index contributed by atoms with van der Waals surface area (Å²) in [5, 5.41) is 5.83. The number of anilines is 2. The van der Waals surface area contributed by atoms with Gasteiger partial charge in [-0.3, -0.25) is 0 Å². The van der Waals surface area contributed by atoms with Crippen LogP contribution in [-0.2, 0) is 0 Å². The monoisotopic (exact) mass is 298 g/mol. The minimum Gasteiger partial charge on any atom is -0.324 e. The van der Waals surface area contributed by atoms with Gasteiger partial charge in [0.2, 0.25) is 5.95 Å². The van der Waals surface area contributed by atoms with Gasteiger partial charge in [-0.1, -0.05) is 6.07 Å². The highest BCUT2D eigenvalue weighted by atomic mass is 32.1. The Morgan fingerprint density at radius 2 is 2.10 bits per heavy atom. The Labute approximate surface area is 125 Å². The fourth-order valence-electron chi connectivity index (χ4n) is 1.80. The van der Waals surface area contributed by atoms with Crippen molar-refractivity contribution < 1.29 is 4.76 Å². The first-order valence-corrected chi connectivity index (χ1v) is 7.11. The Bertz CT molecular complexity index is 773. The Kier molecular flexibility index (Phi) is 3.65. The van der Waals surface area contributed by atoms with E-state index in [0.29, 0.717) is 11.6 Å². The van der Waals surface area contributed by atoms with Crippen molar-refractivity contribution in [2.75, 3.05) is 12.4 Å². The van der Waals surface area contributed by atoms with Gasteiger partial charge in [0.1, 0.15) is 10.7 Å². The van der Waals surface area contributed by atoms with Crippen molar-refractivity contribution in [2.45, 2.75) is 0 Å². The zero-order valence-corrected chi connectivity index (χ0v) is 12.0. The molecule has 0 saturated heterocycles. The van der Waals surface area contributed by atoms with E-state index < -0.39 is 0 Å². The third kappa shape index (κ3) is 3.09. The van der Waals surface area contributed by atoms with Crippen LogP contribution in [0.2, 0.25) is 0 Å². The van der Waals surface area contributed by atoms with Crippen LogP contribution in [-0.4, -0.2) is 26.8 Å². The van der Waals surface area contributed by atoms with Crippen molar-refractivity contribution in [2.24, 2.45) is 0 Å². The maximum Gasteiger partial charge on any atom is 0.257 e. The topological polar surface area (TPSA) is 70.8 Å². The molecule has 3 aromatic rings. The van der Waals surface area contributed by atoms with Crippen molar-refractivity contribution in [1.82, 2.24) is 15.0 Å². The second kappa shape index (κ2) is 5.76. The smallest absolute Gasteiger partial charge is 0.257 e. The highest BCUT2D eigenvalue weighted by molar-refractivity contribution is 7.13. The quantitative estimate of drug-likeness (QED) is 0.748. The Morgan fingerprint density at radius 3 is 2.86 bits per heavy atom. The van der Waals surface area contributed by atoms with Crippen LogP contribution in [0.5, 0.6) is 0 Å². The standard InChI is InChI=1S/C14H12N5OS/c1-19(20)11-4-2-3-10(9-11)17-14-16-6-5-12(18-14)13-15-7-8-21-13/h2-9H,1H3,(H,16,17,18)/q+1. The molecule has 21 heavy (non-hydrogen) atoms. The van der Waals surface area contributed by atoms with Crippen molar-refractivity contribution in [3.8, 4) is 10.7 Å². The summed E-state index contributed by atoms with van der Waals surface area (Å²) < 4.78 is 0.804. The van der Waals surface area contributed by atoms with Gasteiger partial charge in [0, 0.05) is 45.3 Å². The summed E-state index contributed by atoms with van der Waals surface area (Å²) in [6.07, 6.45) is 3.42. The highest BCUT2D eigenvalue weighted by Crippen LogP contribution is 2.22. The van der Waals surface area contributed by atoms with E-state index in [1.54, 1.807) is 30.6 Å². The van der Waals surface area contributed by atoms with Gasteiger partial charge >= 0.3 is 0 Å². The van der Waals surface area contributed by atoms with Crippen LogP contribution in [0, 0.1) is 4.91 Å². The number of nitroso groups, excluding NO2 is 1. The molecule has 0 aliphatic rings. The number of thiazole rings is 1. The zero-order chi connectivity index (χ0) is 14.7. The molecule has 0 atom stereocenters. The third-order valence-electron chi connectivity index (χ3n) is 2.77. The lowest BCUT2D eigenvalue weighted by Crippen LogP contribution is -1.98. The maximum absolute atomic E-state index is 11.3. The van der Waals surface area contributed by atoms with E-state index in [1.165, 1.54) is 18.4 Å². The Hall–Kier alpha value is -2.67. The SMILES string of the molecule is C[N+](=O)c1cccc(Nc2nccc(-c3nccs3)n2)c1. The van der Waals surface area contributed by atoms with E-state index in [4.69, 9.17) is 0 Å². The van der Waals surface area contributed by atoms with Crippen LogP contribution in [0.3, 0.4) is 0 Å². The molecule has 0 fully saturated rings. The molecule has 7 heteroatoms. The molecule has 0 spiro atoms. The van der Waals surface area contributed by atoms with E-state index in [-0.39, 0.29) is 0 Å². The molecule has 0 amide bonds. The zero-order valence-electron chi connectivity index (χ0n) is 11.2. The highest BCUT2D eigenvalue weighted by Gasteiger charge is 2.09. The average Bonchev–Trinajstić information content (AvgIpc) is 3.02. The van der Waals surface area contributed by atoms with Gasteiger partial charge in [-0.25, -0.2) is 15.0 Å². The maximum atomic E-state index is 11.3. The first-order chi connectivity index (χ1) is 10.2. The molecular weight excluding hydrogens is 286 g/mol. The van der Waals surface area contributed by atoms with Crippen LogP contribution in [0.15, 0.2) is 48.1 Å². The van der Waals surface area contributed by atoms with Crippen LogP contribution >= 0.6 is 11.3 Å². The van der Waals surface area contributed by atoms with Crippen molar-refractivity contribution in [3.05, 3.63) is 53.0 Å². The minimum absolute atomic E-state index is 0.466. The van der Waals surface area contributed by atoms with Crippen LogP contribution in [0.1, 0.15) is 0 Å². The van der Waals surface area contributed by atoms with Crippen molar-refractivity contribution >= 4 is 28.7 Å². The number of rotatable bonds is 4. The number of hydrogen-bond donors (Lipinski definition) is 1. The molecule has 3 rings (SSSR count). The first kappa shape index (κ1) is 13.3. The number of benzene rings is 1. The van der Waals surface area contributed by atoms with E-state index in [2.05, 4.69) is 20.3 Å². The largest absolute Gasteiger partial charge is 0.324 e. The Balaban J connectivity index is 1.87. The molecule has 2 heterocycles. The molecule has 1 aromatic carbocycles. The second-order valence-corrected chi connectivity index (χ2v) is 5.17. The molecule has 0 saturated carbocycles. The molecule has 0 aliphatic heterocycles. The number of nitrogens with zero attached hydrogens (tertiary/aromatic N) is 4. The van der Waals surface area contributed by atoms with Gasteiger partial charge in [-0.2, -0.15) is 0 Å². The first-order valence-electron chi connectivity index (χ1n) is 6.23. The molecule has 0 unspecified atom stereocenters. The molecule has 2 aromatic heterocycles. The predicted molar refractivity (Wildman–Crippen MR) is 82.1 cm³/mol. The van der Waals surface area contributed by atoms with E-state index in [1.807, 2.05) is 17.5 Å².